The third-order valence-electron chi connectivity index (χ3n) is 4.99. The fraction of sp³-hybridized carbons (Fsp3) is 0.357. The lowest BCUT2D eigenvalue weighted by molar-refractivity contribution is -0.0529. The Balaban J connectivity index is 2.32. The maximum atomic E-state index is 6.39. The average Bonchev–Trinajstić information content (AvgIpc) is 2.64. The molecule has 0 radical (unpaired) electrons. The standard InChI is InChI=1S/C28H32ClNO/c1-18-16-22-9-8-20(14-15-28(6,7)30)17-24(22)26(21-10-12-23(29)13-11-21)25(18)19(2)31-27(3,4)5/h8-13,16-17,19H,30H2,1-7H3. The number of halogens is 1. The van der Waals surface area contributed by atoms with Gasteiger partial charge in [0.25, 0.3) is 0 Å². The minimum absolute atomic E-state index is 0.0761. The molecule has 31 heavy (non-hydrogen) atoms. The largest absolute Gasteiger partial charge is 0.368 e. The van der Waals surface area contributed by atoms with Gasteiger partial charge in [0.1, 0.15) is 0 Å². The smallest absolute Gasteiger partial charge is 0.0812 e. The molecule has 0 bridgehead atoms. The van der Waals surface area contributed by atoms with Crippen LogP contribution in [0.5, 0.6) is 0 Å². The van der Waals surface area contributed by atoms with Crippen LogP contribution in [0.1, 0.15) is 64.3 Å². The van der Waals surface area contributed by atoms with Crippen molar-refractivity contribution < 1.29 is 4.74 Å². The third-order valence-corrected chi connectivity index (χ3v) is 5.24. The third kappa shape index (κ3) is 5.89. The molecule has 0 fully saturated rings. The summed E-state index contributed by atoms with van der Waals surface area (Å²) in [7, 11) is 0. The van der Waals surface area contributed by atoms with Crippen LogP contribution < -0.4 is 5.73 Å². The Bertz CT molecular complexity index is 1150. The van der Waals surface area contributed by atoms with Gasteiger partial charge in [0.15, 0.2) is 0 Å². The molecule has 0 aliphatic heterocycles. The van der Waals surface area contributed by atoms with E-state index in [2.05, 4.69) is 82.9 Å². The highest BCUT2D eigenvalue weighted by molar-refractivity contribution is 6.30. The molecule has 3 aromatic carbocycles. The van der Waals surface area contributed by atoms with Crippen LogP contribution in [-0.2, 0) is 4.74 Å². The lowest BCUT2D eigenvalue weighted by atomic mass is 9.87. The zero-order chi connectivity index (χ0) is 23.0. The van der Waals surface area contributed by atoms with Gasteiger partial charge in [-0.3, -0.25) is 0 Å². The molecule has 3 rings (SSSR count). The second-order valence-corrected chi connectivity index (χ2v) is 10.2. The van der Waals surface area contributed by atoms with Crippen molar-refractivity contribution in [2.45, 2.75) is 65.7 Å². The Kier molecular flexibility index (Phi) is 6.53. The van der Waals surface area contributed by atoms with Crippen LogP contribution >= 0.6 is 11.6 Å². The first-order chi connectivity index (χ1) is 14.3. The van der Waals surface area contributed by atoms with Crippen LogP contribution in [0.15, 0.2) is 48.5 Å². The molecular formula is C28H32ClNO. The Labute approximate surface area is 191 Å². The number of nitrogens with two attached hydrogens (primary N) is 1. The normalized spacial score (nSPS) is 13.1. The van der Waals surface area contributed by atoms with Crippen molar-refractivity contribution in [3.8, 4) is 23.0 Å². The Morgan fingerprint density at radius 1 is 0.968 bits per heavy atom. The lowest BCUT2D eigenvalue weighted by Gasteiger charge is -2.29. The van der Waals surface area contributed by atoms with E-state index >= 15 is 0 Å². The van der Waals surface area contributed by atoms with Crippen molar-refractivity contribution in [2.24, 2.45) is 5.73 Å². The Morgan fingerprint density at radius 3 is 2.19 bits per heavy atom. The molecule has 1 unspecified atom stereocenters. The van der Waals surface area contributed by atoms with Gasteiger partial charge in [-0.15, -0.1) is 0 Å². The fourth-order valence-electron chi connectivity index (χ4n) is 3.90. The number of hydrogen-bond donors (Lipinski definition) is 1. The van der Waals surface area contributed by atoms with Crippen LogP contribution in [0.25, 0.3) is 21.9 Å². The molecule has 0 spiro atoms. The van der Waals surface area contributed by atoms with Crippen LogP contribution in [-0.4, -0.2) is 11.1 Å². The van der Waals surface area contributed by atoms with Crippen molar-refractivity contribution in [3.05, 3.63) is 70.2 Å². The average molecular weight is 434 g/mol. The second kappa shape index (κ2) is 8.67. The predicted molar refractivity (Wildman–Crippen MR) is 134 cm³/mol. The predicted octanol–water partition coefficient (Wildman–Crippen LogP) is 7.43. The molecule has 0 aliphatic rings. The molecule has 0 heterocycles. The summed E-state index contributed by atoms with van der Waals surface area (Å²) in [5.41, 5.74) is 10.9. The van der Waals surface area contributed by atoms with Crippen molar-refractivity contribution in [3.63, 3.8) is 0 Å². The molecule has 1 atom stereocenters. The van der Waals surface area contributed by atoms with Crippen molar-refractivity contribution in [1.29, 1.82) is 0 Å². The molecular weight excluding hydrogens is 402 g/mol. The van der Waals surface area contributed by atoms with Crippen molar-refractivity contribution in [2.75, 3.05) is 0 Å². The van der Waals surface area contributed by atoms with E-state index in [1.807, 2.05) is 26.0 Å². The Hall–Kier alpha value is -2.31. The van der Waals surface area contributed by atoms with Gasteiger partial charge < -0.3 is 10.5 Å². The van der Waals surface area contributed by atoms with Gasteiger partial charge in [-0.1, -0.05) is 47.7 Å². The first-order valence-corrected chi connectivity index (χ1v) is 11.0. The summed E-state index contributed by atoms with van der Waals surface area (Å²) in [6, 6.07) is 16.6. The van der Waals surface area contributed by atoms with Gasteiger partial charge in [-0.05, 0) is 106 Å². The van der Waals surface area contributed by atoms with Gasteiger partial charge in [0.2, 0.25) is 0 Å². The van der Waals surface area contributed by atoms with E-state index in [4.69, 9.17) is 22.1 Å². The molecule has 0 saturated carbocycles. The van der Waals surface area contributed by atoms with Gasteiger partial charge in [-0.2, -0.15) is 0 Å². The first kappa shape index (κ1) is 23.4. The summed E-state index contributed by atoms with van der Waals surface area (Å²) >= 11 is 6.19. The highest BCUT2D eigenvalue weighted by Crippen LogP contribution is 2.40. The SMILES string of the molecule is Cc1cc2ccc(C#CC(C)(C)N)cc2c(-c2ccc(Cl)cc2)c1C(C)OC(C)(C)C. The quantitative estimate of drug-likeness (QED) is 0.435. The summed E-state index contributed by atoms with van der Waals surface area (Å²) in [5, 5.41) is 3.04. The summed E-state index contributed by atoms with van der Waals surface area (Å²) in [6.45, 7) is 14.4. The zero-order valence-electron chi connectivity index (χ0n) is 19.6. The lowest BCUT2D eigenvalue weighted by Crippen LogP contribution is -2.29. The molecule has 162 valence electrons. The molecule has 0 aromatic heterocycles. The minimum Gasteiger partial charge on any atom is -0.368 e. The molecule has 0 amide bonds. The summed E-state index contributed by atoms with van der Waals surface area (Å²) in [5.74, 6) is 6.37. The van der Waals surface area contributed by atoms with Crippen LogP contribution in [0.3, 0.4) is 0 Å². The molecule has 3 heteroatoms. The van der Waals surface area contributed by atoms with Crippen LogP contribution in [0, 0.1) is 18.8 Å². The summed E-state index contributed by atoms with van der Waals surface area (Å²) in [6.07, 6.45) is -0.0761. The van der Waals surface area contributed by atoms with E-state index in [9.17, 15) is 0 Å². The van der Waals surface area contributed by atoms with E-state index < -0.39 is 5.54 Å². The van der Waals surface area contributed by atoms with Crippen LogP contribution in [0.4, 0.5) is 0 Å². The second-order valence-electron chi connectivity index (χ2n) is 9.77. The van der Waals surface area contributed by atoms with Gasteiger partial charge in [0.05, 0.1) is 17.2 Å². The topological polar surface area (TPSA) is 35.2 Å². The van der Waals surface area contributed by atoms with E-state index in [1.165, 1.54) is 22.1 Å². The monoisotopic (exact) mass is 433 g/mol. The number of ether oxygens (including phenoxy) is 1. The Morgan fingerprint density at radius 2 is 1.61 bits per heavy atom. The maximum Gasteiger partial charge on any atom is 0.0812 e. The highest BCUT2D eigenvalue weighted by Gasteiger charge is 2.23. The molecule has 0 saturated heterocycles. The maximum absolute atomic E-state index is 6.39. The van der Waals surface area contributed by atoms with E-state index in [1.54, 1.807) is 0 Å². The molecule has 0 aliphatic carbocycles. The van der Waals surface area contributed by atoms with Gasteiger partial charge in [-0.25, -0.2) is 0 Å². The summed E-state index contributed by atoms with van der Waals surface area (Å²) < 4.78 is 6.39. The van der Waals surface area contributed by atoms with Crippen molar-refractivity contribution in [1.82, 2.24) is 0 Å². The molecule has 2 nitrogen and oxygen atoms in total. The van der Waals surface area contributed by atoms with Crippen LogP contribution in [0.2, 0.25) is 5.02 Å². The zero-order valence-corrected chi connectivity index (χ0v) is 20.3. The number of aryl methyl sites for hydroxylation is 1. The minimum atomic E-state index is -0.540. The van der Waals surface area contributed by atoms with Crippen molar-refractivity contribution >= 4 is 22.4 Å². The number of rotatable bonds is 3. The van der Waals surface area contributed by atoms with Gasteiger partial charge >= 0.3 is 0 Å². The highest BCUT2D eigenvalue weighted by atomic mass is 35.5. The number of benzene rings is 3. The molecule has 3 aromatic rings. The van der Waals surface area contributed by atoms with E-state index in [0.29, 0.717) is 0 Å². The fourth-order valence-corrected chi connectivity index (χ4v) is 4.03. The first-order valence-electron chi connectivity index (χ1n) is 10.7. The number of hydrogen-bond acceptors (Lipinski definition) is 2. The van der Waals surface area contributed by atoms with E-state index in [-0.39, 0.29) is 11.7 Å². The van der Waals surface area contributed by atoms with Gasteiger partial charge in [0, 0.05) is 10.6 Å². The van der Waals surface area contributed by atoms with E-state index in [0.717, 1.165) is 21.5 Å². The molecule has 2 N–H and O–H groups in total. The number of fused-ring (bicyclic) bond motifs is 1. The summed E-state index contributed by atoms with van der Waals surface area (Å²) in [4.78, 5) is 0.